The second kappa shape index (κ2) is 6.14. The zero-order valence-electron chi connectivity index (χ0n) is 9.29. The van der Waals surface area contributed by atoms with E-state index in [1.165, 1.54) is 17.7 Å². The zero-order chi connectivity index (χ0) is 10.4. The van der Waals surface area contributed by atoms with E-state index in [2.05, 4.69) is 31.1 Å². The van der Waals surface area contributed by atoms with Crippen LogP contribution < -0.4 is 5.32 Å². The summed E-state index contributed by atoms with van der Waals surface area (Å²) in [6.07, 6.45) is 4.37. The lowest BCUT2D eigenvalue weighted by Gasteiger charge is -2.18. The first-order chi connectivity index (χ1) is 6.74. The Morgan fingerprint density at radius 2 is 2.29 bits per heavy atom. The maximum Gasteiger partial charge on any atom is 0.0794 e. The Bertz CT molecular complexity index is 231. The fourth-order valence-corrected chi connectivity index (χ4v) is 2.20. The average molecular weight is 212 g/mol. The SMILES string of the molecule is CCCNC(CC(C)C)c1cncs1. The van der Waals surface area contributed by atoms with Crippen LogP contribution in [-0.4, -0.2) is 11.5 Å². The standard InChI is InChI=1S/C11H20N2S/c1-4-5-13-10(6-9(2)3)11-7-12-8-14-11/h7-10,13H,4-6H2,1-3H3. The first kappa shape index (κ1) is 11.7. The number of aromatic nitrogens is 1. The average Bonchev–Trinajstić information content (AvgIpc) is 2.64. The van der Waals surface area contributed by atoms with Crippen LogP contribution in [0.3, 0.4) is 0 Å². The number of hydrogen-bond donors (Lipinski definition) is 1. The monoisotopic (exact) mass is 212 g/mol. The minimum atomic E-state index is 0.502. The summed E-state index contributed by atoms with van der Waals surface area (Å²) in [4.78, 5) is 5.50. The van der Waals surface area contributed by atoms with E-state index in [4.69, 9.17) is 0 Å². The van der Waals surface area contributed by atoms with Crippen molar-refractivity contribution in [3.05, 3.63) is 16.6 Å². The van der Waals surface area contributed by atoms with Gasteiger partial charge in [-0.05, 0) is 25.3 Å². The molecule has 0 aliphatic heterocycles. The predicted octanol–water partition coefficient (Wildman–Crippen LogP) is 3.23. The highest BCUT2D eigenvalue weighted by atomic mass is 32.1. The molecule has 1 atom stereocenters. The lowest BCUT2D eigenvalue weighted by Crippen LogP contribution is -2.22. The van der Waals surface area contributed by atoms with Crippen LogP contribution >= 0.6 is 11.3 Å². The van der Waals surface area contributed by atoms with Gasteiger partial charge >= 0.3 is 0 Å². The van der Waals surface area contributed by atoms with Gasteiger partial charge < -0.3 is 5.32 Å². The predicted molar refractivity (Wildman–Crippen MR) is 62.6 cm³/mol. The lowest BCUT2D eigenvalue weighted by molar-refractivity contribution is 0.435. The largest absolute Gasteiger partial charge is 0.309 e. The molecule has 0 fully saturated rings. The molecule has 14 heavy (non-hydrogen) atoms. The van der Waals surface area contributed by atoms with Crippen molar-refractivity contribution in [1.29, 1.82) is 0 Å². The maximum atomic E-state index is 4.14. The Labute approximate surface area is 90.8 Å². The molecular formula is C11H20N2S. The maximum absolute atomic E-state index is 4.14. The molecule has 2 nitrogen and oxygen atoms in total. The Kier molecular flexibility index (Phi) is 5.12. The van der Waals surface area contributed by atoms with Gasteiger partial charge in [0.1, 0.15) is 0 Å². The minimum Gasteiger partial charge on any atom is -0.309 e. The normalized spacial score (nSPS) is 13.4. The van der Waals surface area contributed by atoms with E-state index in [0.717, 1.165) is 12.5 Å². The fourth-order valence-electron chi connectivity index (χ4n) is 1.49. The van der Waals surface area contributed by atoms with E-state index < -0.39 is 0 Å². The summed E-state index contributed by atoms with van der Waals surface area (Å²) in [5, 5.41) is 3.57. The fraction of sp³-hybridized carbons (Fsp3) is 0.727. The minimum absolute atomic E-state index is 0.502. The summed E-state index contributed by atoms with van der Waals surface area (Å²) in [7, 11) is 0. The number of hydrogen-bond acceptors (Lipinski definition) is 3. The highest BCUT2D eigenvalue weighted by molar-refractivity contribution is 7.09. The molecule has 0 amide bonds. The number of thiazole rings is 1. The highest BCUT2D eigenvalue weighted by Crippen LogP contribution is 2.23. The van der Waals surface area contributed by atoms with Crippen LogP contribution in [0.4, 0.5) is 0 Å². The van der Waals surface area contributed by atoms with Gasteiger partial charge in [0.15, 0.2) is 0 Å². The molecule has 1 N–H and O–H groups in total. The molecule has 1 aromatic heterocycles. The number of rotatable bonds is 6. The van der Waals surface area contributed by atoms with E-state index in [1.54, 1.807) is 11.3 Å². The molecule has 0 radical (unpaired) electrons. The number of nitrogens with one attached hydrogen (secondary N) is 1. The third kappa shape index (κ3) is 3.76. The molecule has 0 saturated heterocycles. The van der Waals surface area contributed by atoms with Crippen LogP contribution in [0.1, 0.15) is 44.5 Å². The highest BCUT2D eigenvalue weighted by Gasteiger charge is 2.13. The van der Waals surface area contributed by atoms with Crippen LogP contribution in [-0.2, 0) is 0 Å². The van der Waals surface area contributed by atoms with Gasteiger partial charge in [0.05, 0.1) is 5.51 Å². The Hall–Kier alpha value is -0.410. The molecule has 0 aromatic carbocycles. The number of nitrogens with zero attached hydrogens (tertiary/aromatic N) is 1. The van der Waals surface area contributed by atoms with Crippen LogP contribution in [0, 0.1) is 5.92 Å². The van der Waals surface area contributed by atoms with Crippen molar-refractivity contribution < 1.29 is 0 Å². The van der Waals surface area contributed by atoms with Gasteiger partial charge in [-0.15, -0.1) is 11.3 Å². The van der Waals surface area contributed by atoms with E-state index in [9.17, 15) is 0 Å². The molecule has 80 valence electrons. The van der Waals surface area contributed by atoms with Crippen molar-refractivity contribution in [3.63, 3.8) is 0 Å². The van der Waals surface area contributed by atoms with Crippen molar-refractivity contribution in [3.8, 4) is 0 Å². The molecule has 1 unspecified atom stereocenters. The lowest BCUT2D eigenvalue weighted by atomic mass is 10.0. The van der Waals surface area contributed by atoms with Crippen molar-refractivity contribution in [2.24, 2.45) is 5.92 Å². The van der Waals surface area contributed by atoms with Crippen LogP contribution in [0.25, 0.3) is 0 Å². The Morgan fingerprint density at radius 1 is 1.50 bits per heavy atom. The Morgan fingerprint density at radius 3 is 2.79 bits per heavy atom. The summed E-state index contributed by atoms with van der Waals surface area (Å²) in [5.41, 5.74) is 1.91. The first-order valence-electron chi connectivity index (χ1n) is 5.35. The van der Waals surface area contributed by atoms with E-state index in [-0.39, 0.29) is 0 Å². The third-order valence-electron chi connectivity index (χ3n) is 2.14. The smallest absolute Gasteiger partial charge is 0.0794 e. The molecule has 0 spiro atoms. The molecule has 1 heterocycles. The zero-order valence-corrected chi connectivity index (χ0v) is 10.1. The molecule has 1 rings (SSSR count). The van der Waals surface area contributed by atoms with Crippen molar-refractivity contribution in [2.45, 2.75) is 39.7 Å². The van der Waals surface area contributed by atoms with Gasteiger partial charge in [-0.2, -0.15) is 0 Å². The van der Waals surface area contributed by atoms with Crippen molar-refractivity contribution in [2.75, 3.05) is 6.54 Å². The second-order valence-corrected chi connectivity index (χ2v) is 4.96. The van der Waals surface area contributed by atoms with Gasteiger partial charge in [-0.1, -0.05) is 20.8 Å². The Balaban J connectivity index is 2.53. The molecular weight excluding hydrogens is 192 g/mol. The van der Waals surface area contributed by atoms with Crippen molar-refractivity contribution >= 4 is 11.3 Å². The van der Waals surface area contributed by atoms with Crippen LogP contribution in [0.5, 0.6) is 0 Å². The van der Waals surface area contributed by atoms with Gasteiger partial charge in [-0.3, -0.25) is 4.98 Å². The van der Waals surface area contributed by atoms with Gasteiger partial charge in [0, 0.05) is 17.1 Å². The van der Waals surface area contributed by atoms with E-state index >= 15 is 0 Å². The topological polar surface area (TPSA) is 24.9 Å². The second-order valence-electron chi connectivity index (χ2n) is 4.04. The van der Waals surface area contributed by atoms with E-state index in [0.29, 0.717) is 6.04 Å². The summed E-state index contributed by atoms with van der Waals surface area (Å²) < 4.78 is 0. The van der Waals surface area contributed by atoms with Crippen LogP contribution in [0.15, 0.2) is 11.7 Å². The first-order valence-corrected chi connectivity index (χ1v) is 6.23. The summed E-state index contributed by atoms with van der Waals surface area (Å²) >= 11 is 1.75. The van der Waals surface area contributed by atoms with Crippen molar-refractivity contribution in [1.82, 2.24) is 10.3 Å². The van der Waals surface area contributed by atoms with Crippen LogP contribution in [0.2, 0.25) is 0 Å². The summed E-state index contributed by atoms with van der Waals surface area (Å²) in [5.74, 6) is 0.728. The van der Waals surface area contributed by atoms with Gasteiger partial charge in [-0.25, -0.2) is 0 Å². The quantitative estimate of drug-likeness (QED) is 0.783. The molecule has 1 aromatic rings. The van der Waals surface area contributed by atoms with Gasteiger partial charge in [0.2, 0.25) is 0 Å². The summed E-state index contributed by atoms with van der Waals surface area (Å²) in [6.45, 7) is 7.82. The molecule has 0 bridgehead atoms. The van der Waals surface area contributed by atoms with Gasteiger partial charge in [0.25, 0.3) is 0 Å². The molecule has 0 aliphatic carbocycles. The summed E-state index contributed by atoms with van der Waals surface area (Å²) in [6, 6.07) is 0.502. The third-order valence-corrected chi connectivity index (χ3v) is 3.03. The molecule has 0 aliphatic rings. The molecule has 0 saturated carbocycles. The molecule has 3 heteroatoms. The van der Waals surface area contributed by atoms with E-state index in [1.807, 2.05) is 11.7 Å².